The summed E-state index contributed by atoms with van der Waals surface area (Å²) < 4.78 is 19.7. The van der Waals surface area contributed by atoms with Crippen LogP contribution < -0.4 is 9.64 Å². The molecule has 1 aliphatic heterocycles. The molecule has 1 aliphatic rings. The van der Waals surface area contributed by atoms with Crippen LogP contribution in [0.3, 0.4) is 0 Å². The number of carbonyl (C=O) groups excluding carboxylic acids is 2. The van der Waals surface area contributed by atoms with E-state index in [0.29, 0.717) is 10.2 Å². The maximum atomic E-state index is 14.1. The minimum absolute atomic E-state index is 0.0773. The highest BCUT2D eigenvalue weighted by atomic mass is 32.1. The van der Waals surface area contributed by atoms with E-state index >= 15 is 0 Å². The average molecular weight is 506 g/mol. The number of pyridine rings is 1. The van der Waals surface area contributed by atoms with Crippen LogP contribution in [0.5, 0.6) is 5.75 Å². The average Bonchev–Trinajstić information content (AvgIpc) is 3.41. The van der Waals surface area contributed by atoms with Gasteiger partial charge in [-0.25, -0.2) is 9.37 Å². The van der Waals surface area contributed by atoms with Crippen molar-refractivity contribution in [3.05, 3.63) is 93.6 Å². The number of hydrogen-bond donors (Lipinski definition) is 1. The molecule has 0 saturated carbocycles. The molecule has 1 fully saturated rings. The summed E-state index contributed by atoms with van der Waals surface area (Å²) in [5, 5.41) is 22.4. The number of nitrogens with zero attached hydrogens (tertiary/aromatic N) is 4. The summed E-state index contributed by atoms with van der Waals surface area (Å²) in [4.78, 5) is 46.9. The number of benzene rings is 2. The number of aromatic nitrogens is 2. The fraction of sp³-hybridized carbons (Fsp3) is 0.0833. The summed E-state index contributed by atoms with van der Waals surface area (Å²) in [6, 6.07) is 11.1. The summed E-state index contributed by atoms with van der Waals surface area (Å²) in [6.07, 6.45) is 1.46. The van der Waals surface area contributed by atoms with Crippen molar-refractivity contribution in [2.45, 2.75) is 6.04 Å². The highest BCUT2D eigenvalue weighted by molar-refractivity contribution is 7.22. The van der Waals surface area contributed by atoms with Gasteiger partial charge < -0.3 is 9.84 Å². The molecular formula is C24H15FN4O6S. The highest BCUT2D eigenvalue weighted by Gasteiger charge is 2.49. The molecule has 1 atom stereocenters. The molecule has 2 aromatic carbocycles. The molecule has 180 valence electrons. The summed E-state index contributed by atoms with van der Waals surface area (Å²) >= 11 is 0.971. The Balaban J connectivity index is 1.73. The third kappa shape index (κ3) is 3.73. The van der Waals surface area contributed by atoms with Gasteiger partial charge in [-0.05, 0) is 36.4 Å². The van der Waals surface area contributed by atoms with E-state index in [1.807, 2.05) is 0 Å². The number of halogens is 1. The number of fused-ring (bicyclic) bond motifs is 1. The number of methoxy groups -OCH3 is 1. The molecule has 1 amide bonds. The van der Waals surface area contributed by atoms with E-state index in [-0.39, 0.29) is 33.4 Å². The monoisotopic (exact) mass is 506 g/mol. The second kappa shape index (κ2) is 8.82. The van der Waals surface area contributed by atoms with Gasteiger partial charge in [0.05, 0.1) is 39.1 Å². The van der Waals surface area contributed by atoms with Gasteiger partial charge in [-0.15, -0.1) is 0 Å². The van der Waals surface area contributed by atoms with Crippen LogP contribution in [-0.4, -0.2) is 38.8 Å². The van der Waals surface area contributed by atoms with Gasteiger partial charge in [0, 0.05) is 18.3 Å². The zero-order valence-corrected chi connectivity index (χ0v) is 19.2. The number of nitro benzene ring substituents is 1. The third-order valence-corrected chi connectivity index (χ3v) is 6.62. The van der Waals surface area contributed by atoms with E-state index in [2.05, 4.69) is 9.97 Å². The lowest BCUT2D eigenvalue weighted by Crippen LogP contribution is -2.29. The summed E-state index contributed by atoms with van der Waals surface area (Å²) in [6.45, 7) is 0. The summed E-state index contributed by atoms with van der Waals surface area (Å²) in [5.74, 6) is -3.25. The van der Waals surface area contributed by atoms with Gasteiger partial charge in [-0.2, -0.15) is 0 Å². The fourth-order valence-electron chi connectivity index (χ4n) is 3.98. The van der Waals surface area contributed by atoms with Gasteiger partial charge in [0.2, 0.25) is 0 Å². The van der Waals surface area contributed by atoms with Crippen LogP contribution in [0.15, 0.2) is 66.4 Å². The SMILES string of the molecule is COc1ccc(F)cc1/C(O)=C1\C(=O)C(=O)N(c2nc3ccc([N+](=O)[O-])cc3s2)C1c1ccccn1. The lowest BCUT2D eigenvalue weighted by molar-refractivity contribution is -0.384. The van der Waals surface area contributed by atoms with Crippen LogP contribution >= 0.6 is 11.3 Å². The number of carbonyl (C=O) groups is 2. The van der Waals surface area contributed by atoms with E-state index in [1.165, 1.54) is 37.6 Å². The van der Waals surface area contributed by atoms with Crippen molar-refractivity contribution in [3.8, 4) is 5.75 Å². The van der Waals surface area contributed by atoms with Gasteiger partial charge in [-0.3, -0.25) is 29.6 Å². The maximum absolute atomic E-state index is 14.1. The molecule has 1 unspecified atom stereocenters. The molecule has 0 aliphatic carbocycles. The Morgan fingerprint density at radius 1 is 1.19 bits per heavy atom. The van der Waals surface area contributed by atoms with E-state index in [4.69, 9.17) is 4.74 Å². The predicted octanol–water partition coefficient (Wildman–Crippen LogP) is 4.37. The number of thiazole rings is 1. The van der Waals surface area contributed by atoms with Gasteiger partial charge in [-0.1, -0.05) is 17.4 Å². The second-order valence-electron chi connectivity index (χ2n) is 7.67. The number of ether oxygens (including phenoxy) is 1. The van der Waals surface area contributed by atoms with Crippen molar-refractivity contribution in [1.82, 2.24) is 9.97 Å². The van der Waals surface area contributed by atoms with Crippen LogP contribution in [0, 0.1) is 15.9 Å². The number of rotatable bonds is 5. The number of amides is 1. The first-order valence-electron chi connectivity index (χ1n) is 10.4. The van der Waals surface area contributed by atoms with Crippen LogP contribution in [0.25, 0.3) is 16.0 Å². The van der Waals surface area contributed by atoms with E-state index < -0.39 is 34.2 Å². The third-order valence-electron chi connectivity index (χ3n) is 5.61. The largest absolute Gasteiger partial charge is 0.507 e. The first kappa shape index (κ1) is 23.1. The van der Waals surface area contributed by atoms with Crippen molar-refractivity contribution in [2.24, 2.45) is 0 Å². The van der Waals surface area contributed by atoms with E-state index in [9.17, 15) is 29.2 Å². The van der Waals surface area contributed by atoms with Crippen LogP contribution in [0.2, 0.25) is 0 Å². The smallest absolute Gasteiger partial charge is 0.301 e. The molecular weight excluding hydrogens is 491 g/mol. The Morgan fingerprint density at radius 3 is 2.69 bits per heavy atom. The number of ketones is 1. The number of Topliss-reactive ketones (excluding diaryl/α,β-unsaturated/α-hetero) is 1. The van der Waals surface area contributed by atoms with Gasteiger partial charge in [0.25, 0.3) is 11.5 Å². The zero-order chi connectivity index (χ0) is 25.6. The highest BCUT2D eigenvalue weighted by Crippen LogP contribution is 2.44. The molecule has 12 heteroatoms. The molecule has 0 bridgehead atoms. The van der Waals surface area contributed by atoms with Crippen molar-refractivity contribution in [3.63, 3.8) is 0 Å². The first-order valence-corrected chi connectivity index (χ1v) is 11.2. The number of nitro groups is 1. The van der Waals surface area contributed by atoms with Crippen molar-refractivity contribution in [1.29, 1.82) is 0 Å². The van der Waals surface area contributed by atoms with Crippen LogP contribution in [-0.2, 0) is 9.59 Å². The number of non-ortho nitro benzene ring substituents is 1. The minimum Gasteiger partial charge on any atom is -0.507 e. The van der Waals surface area contributed by atoms with Gasteiger partial charge in [0.15, 0.2) is 5.13 Å². The first-order chi connectivity index (χ1) is 17.3. The topological polar surface area (TPSA) is 136 Å². The standard InChI is InChI=1S/C24H15FN4O6S/c1-35-17-8-5-12(25)10-14(17)21(30)19-20(16-4-2-3-9-26-16)28(23(32)22(19)31)24-27-15-7-6-13(29(33)34)11-18(15)36-24/h2-11,20,30H,1H3/b21-19+. The van der Waals surface area contributed by atoms with Crippen molar-refractivity contribution < 1.29 is 28.7 Å². The molecule has 2 aromatic heterocycles. The Labute approximate surface area is 206 Å². The van der Waals surface area contributed by atoms with Crippen molar-refractivity contribution >= 4 is 49.8 Å². The normalized spacial score (nSPS) is 17.1. The Hall–Kier alpha value is -4.71. The Bertz CT molecular complexity index is 1590. The van der Waals surface area contributed by atoms with Crippen LogP contribution in [0.1, 0.15) is 17.3 Å². The second-order valence-corrected chi connectivity index (χ2v) is 8.68. The minimum atomic E-state index is -1.20. The van der Waals surface area contributed by atoms with Crippen LogP contribution in [0.4, 0.5) is 15.2 Å². The molecule has 10 nitrogen and oxygen atoms in total. The van der Waals surface area contributed by atoms with Gasteiger partial charge in [0.1, 0.15) is 23.4 Å². The zero-order valence-electron chi connectivity index (χ0n) is 18.4. The molecule has 36 heavy (non-hydrogen) atoms. The molecule has 5 rings (SSSR count). The van der Waals surface area contributed by atoms with E-state index in [1.54, 1.807) is 18.2 Å². The molecule has 0 spiro atoms. The van der Waals surface area contributed by atoms with Gasteiger partial charge >= 0.3 is 5.91 Å². The summed E-state index contributed by atoms with van der Waals surface area (Å²) in [5.41, 5.74) is 0.0383. The fourth-order valence-corrected chi connectivity index (χ4v) is 5.00. The molecule has 0 radical (unpaired) electrons. The Morgan fingerprint density at radius 2 is 2.00 bits per heavy atom. The molecule has 3 heterocycles. The lowest BCUT2D eigenvalue weighted by atomic mass is 9.98. The number of aliphatic hydroxyl groups excluding tert-OH is 1. The number of anilines is 1. The predicted molar refractivity (Wildman–Crippen MR) is 128 cm³/mol. The van der Waals surface area contributed by atoms with Crippen molar-refractivity contribution in [2.75, 3.05) is 12.0 Å². The molecule has 1 saturated heterocycles. The number of aliphatic hydroxyl groups is 1. The van der Waals surface area contributed by atoms with E-state index in [0.717, 1.165) is 28.4 Å². The summed E-state index contributed by atoms with van der Waals surface area (Å²) in [7, 11) is 1.32. The lowest BCUT2D eigenvalue weighted by Gasteiger charge is -2.22. The molecule has 4 aromatic rings. The maximum Gasteiger partial charge on any atom is 0.301 e. The molecule has 1 N–H and O–H groups in total. The number of hydrogen-bond acceptors (Lipinski definition) is 9. The quantitative estimate of drug-likeness (QED) is 0.139. The Kier molecular flexibility index (Phi) is 5.65.